The van der Waals surface area contributed by atoms with Crippen molar-refractivity contribution in [2.45, 2.75) is 12.6 Å². The molecular weight excluding hydrogens is 391 g/mol. The van der Waals surface area contributed by atoms with Crippen LogP contribution < -0.4 is 22.2 Å². The zero-order chi connectivity index (χ0) is 21.3. The molecule has 0 atom stereocenters. The summed E-state index contributed by atoms with van der Waals surface area (Å²) >= 11 is 0. The topological polar surface area (TPSA) is 135 Å². The van der Waals surface area contributed by atoms with Gasteiger partial charge in [-0.3, -0.25) is 4.79 Å². The Balaban J connectivity index is 2.18. The van der Waals surface area contributed by atoms with Crippen LogP contribution in [-0.4, -0.2) is 29.5 Å². The van der Waals surface area contributed by atoms with Gasteiger partial charge in [0, 0.05) is 23.7 Å². The van der Waals surface area contributed by atoms with E-state index in [1.807, 2.05) is 0 Å². The van der Waals surface area contributed by atoms with Crippen LogP contribution in [0.4, 0.5) is 24.5 Å². The van der Waals surface area contributed by atoms with Crippen molar-refractivity contribution in [2.75, 3.05) is 24.7 Å². The Morgan fingerprint density at radius 2 is 1.76 bits per heavy atom. The van der Waals surface area contributed by atoms with Gasteiger partial charge >= 0.3 is 0 Å². The average molecular weight is 409 g/mol. The summed E-state index contributed by atoms with van der Waals surface area (Å²) in [6, 6.07) is 3.78. The molecule has 7 nitrogen and oxygen atoms in total. The predicted molar refractivity (Wildman–Crippen MR) is 101 cm³/mol. The third-order valence-electron chi connectivity index (χ3n) is 4.48. The van der Waals surface area contributed by atoms with Crippen LogP contribution in [-0.2, 0) is 6.54 Å². The monoisotopic (exact) mass is 409 g/mol. The van der Waals surface area contributed by atoms with Crippen LogP contribution in [0.3, 0.4) is 0 Å². The summed E-state index contributed by atoms with van der Waals surface area (Å²) in [6.07, 6.45) is 0. The maximum absolute atomic E-state index is 15.0. The lowest BCUT2D eigenvalue weighted by atomic mass is 10.1. The second-order valence-electron chi connectivity index (χ2n) is 6.38. The standard InChI is InChI=1S/C19H18F3N3O4/c20-11-3-8(1-2-12(11)23)14-4-13(28)15-18(24)16(21)10(17(22)19(15)29-14)5-25-9(6-26)7-27/h1-4,9,25-27H,5-7,23-24H2. The summed E-state index contributed by atoms with van der Waals surface area (Å²) in [7, 11) is 0. The van der Waals surface area contributed by atoms with Gasteiger partial charge in [0.2, 0.25) is 0 Å². The molecule has 0 aliphatic rings. The van der Waals surface area contributed by atoms with Crippen molar-refractivity contribution in [2.24, 2.45) is 0 Å². The first kappa shape index (κ1) is 20.6. The first-order valence-corrected chi connectivity index (χ1v) is 8.52. The van der Waals surface area contributed by atoms with Gasteiger partial charge in [-0.2, -0.15) is 0 Å². The Labute approximate surface area is 162 Å². The van der Waals surface area contributed by atoms with Gasteiger partial charge in [-0.15, -0.1) is 0 Å². The lowest BCUT2D eigenvalue weighted by Gasteiger charge is -2.16. The van der Waals surface area contributed by atoms with Gasteiger partial charge in [0.15, 0.2) is 22.6 Å². The number of nitrogens with two attached hydrogens (primary N) is 2. The number of aliphatic hydroxyl groups excluding tert-OH is 2. The number of fused-ring (bicyclic) bond motifs is 1. The minimum absolute atomic E-state index is 0.120. The molecule has 0 radical (unpaired) electrons. The molecule has 0 fully saturated rings. The van der Waals surface area contributed by atoms with E-state index in [2.05, 4.69) is 5.32 Å². The molecule has 0 amide bonds. The van der Waals surface area contributed by atoms with Crippen LogP contribution in [0, 0.1) is 17.5 Å². The Hall–Kier alpha value is -3.08. The Morgan fingerprint density at radius 1 is 1.07 bits per heavy atom. The molecule has 2 aromatic carbocycles. The number of aliphatic hydroxyl groups is 2. The Bertz CT molecular complexity index is 1130. The summed E-state index contributed by atoms with van der Waals surface area (Å²) < 4.78 is 48.8. The van der Waals surface area contributed by atoms with E-state index in [1.54, 1.807) is 0 Å². The van der Waals surface area contributed by atoms with E-state index in [1.165, 1.54) is 12.1 Å². The SMILES string of the molecule is Nc1ccc(-c2cc(=O)c3c(N)c(F)c(CNC(CO)CO)c(F)c3o2)cc1F. The number of hydrogen-bond donors (Lipinski definition) is 5. The molecule has 0 bridgehead atoms. The minimum Gasteiger partial charge on any atom is -0.453 e. The molecule has 0 spiro atoms. The van der Waals surface area contributed by atoms with Crippen molar-refractivity contribution < 1.29 is 27.8 Å². The molecule has 3 rings (SSSR count). The van der Waals surface area contributed by atoms with Crippen LogP contribution in [0.1, 0.15) is 5.56 Å². The van der Waals surface area contributed by atoms with E-state index in [9.17, 15) is 13.6 Å². The van der Waals surface area contributed by atoms with Crippen LogP contribution in [0.5, 0.6) is 0 Å². The van der Waals surface area contributed by atoms with Gasteiger partial charge in [-0.05, 0) is 18.2 Å². The minimum atomic E-state index is -1.18. The highest BCUT2D eigenvalue weighted by Gasteiger charge is 2.23. The number of rotatable bonds is 6. The normalized spacial score (nSPS) is 11.5. The largest absolute Gasteiger partial charge is 0.453 e. The van der Waals surface area contributed by atoms with Crippen LogP contribution in [0.25, 0.3) is 22.3 Å². The maximum Gasteiger partial charge on any atom is 0.195 e. The predicted octanol–water partition coefficient (Wildman–Crippen LogP) is 1.48. The lowest BCUT2D eigenvalue weighted by molar-refractivity contribution is 0.169. The third-order valence-corrected chi connectivity index (χ3v) is 4.48. The number of nitrogen functional groups attached to an aromatic ring is 2. The van der Waals surface area contributed by atoms with Crippen molar-refractivity contribution in [3.05, 3.63) is 57.5 Å². The molecule has 0 saturated carbocycles. The summed E-state index contributed by atoms with van der Waals surface area (Å²) in [5.74, 6) is -3.25. The molecule has 1 heterocycles. The van der Waals surface area contributed by atoms with Gasteiger partial charge in [-0.1, -0.05) is 0 Å². The summed E-state index contributed by atoms with van der Waals surface area (Å²) in [5, 5.41) is 20.2. The highest BCUT2D eigenvalue weighted by molar-refractivity contribution is 5.91. The first-order chi connectivity index (χ1) is 13.8. The van der Waals surface area contributed by atoms with E-state index in [-0.39, 0.29) is 17.0 Å². The molecule has 7 N–H and O–H groups in total. The van der Waals surface area contributed by atoms with E-state index < -0.39 is 70.9 Å². The highest BCUT2D eigenvalue weighted by Crippen LogP contribution is 2.32. The second kappa shape index (κ2) is 8.11. The Kier molecular flexibility index (Phi) is 5.78. The summed E-state index contributed by atoms with van der Waals surface area (Å²) in [6.45, 7) is -1.37. The van der Waals surface area contributed by atoms with Gasteiger partial charge < -0.3 is 31.4 Å². The Morgan fingerprint density at radius 3 is 2.38 bits per heavy atom. The average Bonchev–Trinajstić information content (AvgIpc) is 2.70. The second-order valence-corrected chi connectivity index (χ2v) is 6.38. The molecule has 0 unspecified atom stereocenters. The summed E-state index contributed by atoms with van der Waals surface area (Å²) in [5.41, 5.74) is 8.57. The maximum atomic E-state index is 15.0. The molecule has 0 saturated heterocycles. The molecule has 3 aromatic rings. The van der Waals surface area contributed by atoms with E-state index in [0.717, 1.165) is 12.1 Å². The molecule has 10 heteroatoms. The zero-order valence-electron chi connectivity index (χ0n) is 15.0. The zero-order valence-corrected chi connectivity index (χ0v) is 15.0. The molecule has 29 heavy (non-hydrogen) atoms. The third kappa shape index (κ3) is 3.77. The van der Waals surface area contributed by atoms with Crippen LogP contribution >= 0.6 is 0 Å². The van der Waals surface area contributed by atoms with Crippen molar-refractivity contribution in [1.82, 2.24) is 5.32 Å². The smallest absolute Gasteiger partial charge is 0.195 e. The molecule has 1 aromatic heterocycles. The number of benzene rings is 2. The van der Waals surface area contributed by atoms with Crippen molar-refractivity contribution in [3.8, 4) is 11.3 Å². The van der Waals surface area contributed by atoms with Crippen molar-refractivity contribution >= 4 is 22.3 Å². The van der Waals surface area contributed by atoms with E-state index in [4.69, 9.17) is 26.1 Å². The van der Waals surface area contributed by atoms with Gasteiger partial charge in [0.25, 0.3) is 0 Å². The molecular formula is C19H18F3N3O4. The fourth-order valence-corrected chi connectivity index (χ4v) is 2.82. The summed E-state index contributed by atoms with van der Waals surface area (Å²) in [4.78, 5) is 12.4. The number of hydrogen-bond acceptors (Lipinski definition) is 7. The van der Waals surface area contributed by atoms with Crippen molar-refractivity contribution in [1.29, 1.82) is 0 Å². The highest BCUT2D eigenvalue weighted by atomic mass is 19.1. The molecule has 0 aliphatic carbocycles. The fourth-order valence-electron chi connectivity index (χ4n) is 2.82. The van der Waals surface area contributed by atoms with E-state index >= 15 is 4.39 Å². The fraction of sp³-hybridized carbons (Fsp3) is 0.211. The van der Waals surface area contributed by atoms with Crippen molar-refractivity contribution in [3.63, 3.8) is 0 Å². The van der Waals surface area contributed by atoms with Gasteiger partial charge in [-0.25, -0.2) is 13.2 Å². The first-order valence-electron chi connectivity index (χ1n) is 8.52. The number of anilines is 2. The van der Waals surface area contributed by atoms with E-state index in [0.29, 0.717) is 0 Å². The molecule has 154 valence electrons. The van der Waals surface area contributed by atoms with Gasteiger partial charge in [0.1, 0.15) is 11.6 Å². The molecule has 0 aliphatic heterocycles. The lowest BCUT2D eigenvalue weighted by Crippen LogP contribution is -2.35. The van der Waals surface area contributed by atoms with Gasteiger partial charge in [0.05, 0.1) is 36.0 Å². The van der Waals surface area contributed by atoms with Crippen LogP contribution in [0.2, 0.25) is 0 Å². The number of halogens is 3. The quantitative estimate of drug-likeness (QED) is 0.389. The van der Waals surface area contributed by atoms with Crippen LogP contribution in [0.15, 0.2) is 33.5 Å². The number of nitrogens with one attached hydrogen (secondary N) is 1.